The third kappa shape index (κ3) is 2.29. The normalized spacial score (nSPS) is 16.1. The van der Waals surface area contributed by atoms with E-state index in [9.17, 15) is 4.79 Å². The molecule has 0 amide bonds. The second-order valence-electron chi connectivity index (χ2n) is 4.73. The lowest BCUT2D eigenvalue weighted by Crippen LogP contribution is -2.05. The number of nitrogens with zero attached hydrogens (tertiary/aromatic N) is 3. The fourth-order valence-electron chi connectivity index (χ4n) is 2.23. The summed E-state index contributed by atoms with van der Waals surface area (Å²) in [5, 5.41) is 7.80. The average Bonchev–Trinajstić information content (AvgIpc) is 3.18. The van der Waals surface area contributed by atoms with Gasteiger partial charge in [-0.1, -0.05) is 34.8 Å². The molecule has 0 saturated heterocycles. The van der Waals surface area contributed by atoms with Gasteiger partial charge in [-0.25, -0.2) is 9.79 Å². The number of fused-ring (bicyclic) bond motifs is 1. The number of rotatable bonds is 2. The highest BCUT2D eigenvalue weighted by atomic mass is 32.1. The van der Waals surface area contributed by atoms with Crippen LogP contribution in [0.25, 0.3) is 16.8 Å². The van der Waals surface area contributed by atoms with Gasteiger partial charge in [0.15, 0.2) is 5.70 Å². The first-order chi connectivity index (χ1) is 10.8. The van der Waals surface area contributed by atoms with Crippen molar-refractivity contribution in [1.29, 1.82) is 0 Å². The van der Waals surface area contributed by atoms with Crippen molar-refractivity contribution in [3.63, 3.8) is 0 Å². The number of hydrogen-bond donors (Lipinski definition) is 0. The summed E-state index contributed by atoms with van der Waals surface area (Å²) in [6, 6.07) is 13.8. The van der Waals surface area contributed by atoms with Crippen LogP contribution in [0.1, 0.15) is 11.3 Å². The molecule has 1 aliphatic rings. The van der Waals surface area contributed by atoms with Gasteiger partial charge >= 0.3 is 5.97 Å². The molecule has 1 aromatic heterocycles. The minimum Gasteiger partial charge on any atom is -0.402 e. The second-order valence-corrected chi connectivity index (χ2v) is 5.34. The molecule has 0 unspecified atom stereocenters. The first kappa shape index (κ1) is 12.8. The van der Waals surface area contributed by atoms with Gasteiger partial charge in [-0.2, -0.15) is 0 Å². The molecule has 1 aliphatic heterocycles. The molecule has 4 rings (SSSR count). The van der Waals surface area contributed by atoms with Crippen molar-refractivity contribution in [1.82, 2.24) is 9.59 Å². The third-order valence-corrected chi connectivity index (χ3v) is 3.80. The van der Waals surface area contributed by atoms with E-state index < -0.39 is 5.97 Å². The summed E-state index contributed by atoms with van der Waals surface area (Å²) < 4.78 is 9.00. The lowest BCUT2D eigenvalue weighted by Gasteiger charge is -2.02. The van der Waals surface area contributed by atoms with Crippen LogP contribution < -0.4 is 0 Å². The largest absolute Gasteiger partial charge is 0.402 e. The molecule has 0 saturated carbocycles. The molecule has 0 bridgehead atoms. The molecule has 0 aliphatic carbocycles. The third-order valence-electron chi connectivity index (χ3n) is 3.28. The quantitative estimate of drug-likeness (QED) is 0.539. The smallest absolute Gasteiger partial charge is 0.363 e. The number of aliphatic imine (C=N–C) groups is 1. The fourth-order valence-corrected chi connectivity index (χ4v) is 2.64. The van der Waals surface area contributed by atoms with Crippen LogP contribution in [0.2, 0.25) is 0 Å². The van der Waals surface area contributed by atoms with Crippen molar-refractivity contribution in [3.05, 3.63) is 64.8 Å². The van der Waals surface area contributed by atoms with Crippen LogP contribution in [0.15, 0.2) is 58.5 Å². The molecular formula is C16H9N3O2S. The Labute approximate surface area is 129 Å². The van der Waals surface area contributed by atoms with Crippen molar-refractivity contribution in [3.8, 4) is 0 Å². The van der Waals surface area contributed by atoms with Crippen molar-refractivity contribution in [2.45, 2.75) is 0 Å². The number of carbonyl (C=O) groups excluding carboxylic acids is 1. The van der Waals surface area contributed by atoms with E-state index in [0.717, 1.165) is 16.3 Å². The van der Waals surface area contributed by atoms with E-state index >= 15 is 0 Å². The Morgan fingerprint density at radius 2 is 1.95 bits per heavy atom. The Balaban J connectivity index is 1.74. The number of carbonyl (C=O) groups is 1. The van der Waals surface area contributed by atoms with E-state index in [1.54, 1.807) is 11.5 Å². The molecular weight excluding hydrogens is 298 g/mol. The van der Waals surface area contributed by atoms with E-state index in [-0.39, 0.29) is 5.70 Å². The zero-order chi connectivity index (χ0) is 14.9. The first-order valence-electron chi connectivity index (χ1n) is 6.58. The predicted molar refractivity (Wildman–Crippen MR) is 84.5 cm³/mol. The number of ether oxygens (including phenoxy) is 1. The summed E-state index contributed by atoms with van der Waals surface area (Å²) in [5.74, 6) is -0.165. The van der Waals surface area contributed by atoms with Gasteiger partial charge in [0.05, 0.1) is 0 Å². The summed E-state index contributed by atoms with van der Waals surface area (Å²) in [7, 11) is 0. The molecule has 2 aromatic carbocycles. The van der Waals surface area contributed by atoms with E-state index in [1.807, 2.05) is 42.5 Å². The van der Waals surface area contributed by atoms with Crippen molar-refractivity contribution < 1.29 is 9.53 Å². The average molecular weight is 307 g/mol. The van der Waals surface area contributed by atoms with Crippen LogP contribution in [0.5, 0.6) is 0 Å². The van der Waals surface area contributed by atoms with E-state index in [2.05, 4.69) is 14.6 Å². The van der Waals surface area contributed by atoms with Crippen LogP contribution in [-0.2, 0) is 9.53 Å². The van der Waals surface area contributed by atoms with Gasteiger partial charge < -0.3 is 4.74 Å². The van der Waals surface area contributed by atoms with Gasteiger partial charge in [0.25, 0.3) is 0 Å². The lowest BCUT2D eigenvalue weighted by atomic mass is 10.1. The maximum atomic E-state index is 11.9. The highest BCUT2D eigenvalue weighted by molar-refractivity contribution is 7.03. The standard InChI is InChI=1S/C16H9N3O2S/c20-16-14(8-13-9-22-19-18-13)17-15(21-16)12-6-5-10-3-1-2-4-11(10)7-12/h1-9H/b14-8-. The minimum atomic E-state index is -0.476. The number of hydrogen-bond acceptors (Lipinski definition) is 6. The van der Waals surface area contributed by atoms with Crippen LogP contribution in [0.4, 0.5) is 0 Å². The van der Waals surface area contributed by atoms with Crippen molar-refractivity contribution >= 4 is 40.2 Å². The zero-order valence-electron chi connectivity index (χ0n) is 11.3. The molecule has 0 spiro atoms. The Kier molecular flexibility index (Phi) is 3.01. The van der Waals surface area contributed by atoms with Gasteiger partial charge in [0, 0.05) is 10.9 Å². The van der Waals surface area contributed by atoms with Gasteiger partial charge in [-0.15, -0.1) is 5.10 Å². The number of esters is 1. The number of aromatic nitrogens is 2. The van der Waals surface area contributed by atoms with Crippen LogP contribution in [-0.4, -0.2) is 21.5 Å². The Hall–Kier alpha value is -2.86. The molecule has 2 heterocycles. The second kappa shape index (κ2) is 5.16. The predicted octanol–water partition coefficient (Wildman–Crippen LogP) is 3.04. The summed E-state index contributed by atoms with van der Waals surface area (Å²) in [4.78, 5) is 16.2. The molecule has 106 valence electrons. The van der Waals surface area contributed by atoms with Crippen molar-refractivity contribution in [2.24, 2.45) is 4.99 Å². The molecule has 0 N–H and O–H groups in total. The van der Waals surface area contributed by atoms with Gasteiger partial charge in [-0.05, 0) is 40.5 Å². The summed E-state index contributed by atoms with van der Waals surface area (Å²) in [6.45, 7) is 0. The molecule has 0 radical (unpaired) electrons. The van der Waals surface area contributed by atoms with Crippen LogP contribution in [0, 0.1) is 0 Å². The van der Waals surface area contributed by atoms with Gasteiger partial charge in [0.2, 0.25) is 5.90 Å². The summed E-state index contributed by atoms with van der Waals surface area (Å²) in [5.41, 5.74) is 1.60. The monoisotopic (exact) mass is 307 g/mol. The lowest BCUT2D eigenvalue weighted by molar-refractivity contribution is -0.129. The van der Waals surface area contributed by atoms with Crippen molar-refractivity contribution in [2.75, 3.05) is 0 Å². The fraction of sp³-hybridized carbons (Fsp3) is 0. The zero-order valence-corrected chi connectivity index (χ0v) is 12.1. The number of benzene rings is 2. The molecule has 0 fully saturated rings. The molecule has 22 heavy (non-hydrogen) atoms. The SMILES string of the molecule is O=C1OC(c2ccc3ccccc3c2)=N/C1=C\c1csnn1. The van der Waals surface area contributed by atoms with E-state index in [1.165, 1.54) is 11.5 Å². The minimum absolute atomic E-state index is 0.232. The first-order valence-corrected chi connectivity index (χ1v) is 7.42. The molecule has 5 nitrogen and oxygen atoms in total. The Morgan fingerprint density at radius 1 is 1.09 bits per heavy atom. The van der Waals surface area contributed by atoms with Gasteiger partial charge in [-0.3, -0.25) is 0 Å². The Bertz CT molecular complexity index is 929. The summed E-state index contributed by atoms with van der Waals surface area (Å²) >= 11 is 1.22. The van der Waals surface area contributed by atoms with Crippen LogP contribution in [0.3, 0.4) is 0 Å². The van der Waals surface area contributed by atoms with Gasteiger partial charge in [0.1, 0.15) is 5.69 Å². The molecule has 6 heteroatoms. The highest BCUT2D eigenvalue weighted by Gasteiger charge is 2.24. The van der Waals surface area contributed by atoms with E-state index in [4.69, 9.17) is 4.74 Å². The Morgan fingerprint density at radius 3 is 2.77 bits per heavy atom. The number of cyclic esters (lactones) is 1. The summed E-state index contributed by atoms with van der Waals surface area (Å²) in [6.07, 6.45) is 1.57. The molecule has 3 aromatic rings. The van der Waals surface area contributed by atoms with E-state index in [0.29, 0.717) is 11.6 Å². The maximum absolute atomic E-state index is 11.9. The highest BCUT2D eigenvalue weighted by Crippen LogP contribution is 2.22. The molecule has 0 atom stereocenters. The topological polar surface area (TPSA) is 64.4 Å². The van der Waals surface area contributed by atoms with Crippen LogP contribution >= 0.6 is 11.5 Å². The maximum Gasteiger partial charge on any atom is 0.363 e.